The van der Waals surface area contributed by atoms with Crippen LogP contribution in [-0.4, -0.2) is 29.8 Å². The number of nitrogens with zero attached hydrogens (tertiary/aromatic N) is 5. The van der Waals surface area contributed by atoms with E-state index < -0.39 is 40.8 Å². The number of nitrogens with one attached hydrogen (secondary N) is 1. The van der Waals surface area contributed by atoms with E-state index in [4.69, 9.17) is 9.47 Å². The van der Waals surface area contributed by atoms with Crippen molar-refractivity contribution in [1.82, 2.24) is 23.7 Å². The number of fused-ring (bicyclic) bond motifs is 1. The predicted octanol–water partition coefficient (Wildman–Crippen LogP) is 6.03. The van der Waals surface area contributed by atoms with Gasteiger partial charge in [0.05, 0.1) is 29.3 Å². The maximum Gasteiger partial charge on any atom is 0.417 e. The number of pyridine rings is 1. The number of carbonyl (C=O) groups excluding carboxylic acids is 1. The van der Waals surface area contributed by atoms with Gasteiger partial charge in [-0.15, -0.1) is 11.3 Å². The second-order valence-corrected chi connectivity index (χ2v) is 10.5. The summed E-state index contributed by atoms with van der Waals surface area (Å²) >= 11 is 1.43. The molecule has 1 N–H and O–H groups in total. The minimum absolute atomic E-state index is 0.0154. The van der Waals surface area contributed by atoms with Crippen LogP contribution in [0.2, 0.25) is 0 Å². The van der Waals surface area contributed by atoms with Crippen LogP contribution in [0.5, 0.6) is 17.2 Å². The van der Waals surface area contributed by atoms with Crippen LogP contribution in [0.15, 0.2) is 93.7 Å². The van der Waals surface area contributed by atoms with E-state index in [9.17, 15) is 18.8 Å². The maximum absolute atomic E-state index is 15.2. The largest absolute Gasteiger partial charge is 0.452 e. The summed E-state index contributed by atoms with van der Waals surface area (Å²) in [4.78, 5) is 43.2. The van der Waals surface area contributed by atoms with E-state index in [0.717, 1.165) is 34.5 Å². The smallest absolute Gasteiger partial charge is 0.417 e. The van der Waals surface area contributed by atoms with Crippen molar-refractivity contribution in [1.29, 1.82) is 0 Å². The number of carbonyl (C=O) groups is 1. The van der Waals surface area contributed by atoms with Gasteiger partial charge in [0.25, 0.3) is 0 Å². The molecule has 0 aliphatic rings. The lowest BCUT2D eigenvalue weighted by Gasteiger charge is -2.16. The Kier molecular flexibility index (Phi) is 7.49. The Balaban J connectivity index is 1.24. The molecule has 1 amide bonds. The number of amides is 1. The fourth-order valence-corrected chi connectivity index (χ4v) is 4.96. The van der Waals surface area contributed by atoms with E-state index in [0.29, 0.717) is 17.0 Å². The second-order valence-electron chi connectivity index (χ2n) is 9.78. The van der Waals surface area contributed by atoms with Crippen molar-refractivity contribution in [2.24, 2.45) is 0 Å². The average Bonchev–Trinajstić information content (AvgIpc) is 3.70. The van der Waals surface area contributed by atoms with E-state index >= 15 is 4.39 Å². The van der Waals surface area contributed by atoms with Gasteiger partial charge in [-0.1, -0.05) is 0 Å². The van der Waals surface area contributed by atoms with Gasteiger partial charge >= 0.3 is 17.3 Å². The second kappa shape index (κ2) is 11.6. The molecule has 4 heterocycles. The van der Waals surface area contributed by atoms with Crippen molar-refractivity contribution in [3.63, 3.8) is 0 Å². The van der Waals surface area contributed by atoms with Gasteiger partial charge in [0, 0.05) is 34.9 Å². The van der Waals surface area contributed by atoms with E-state index in [1.54, 1.807) is 48.4 Å². The molecule has 0 aliphatic heterocycles. The topological polar surface area (TPSA) is 122 Å². The van der Waals surface area contributed by atoms with Gasteiger partial charge in [-0.3, -0.25) is 14.7 Å². The Morgan fingerprint density at radius 1 is 0.977 bits per heavy atom. The first kappa shape index (κ1) is 28.5. The first-order chi connectivity index (χ1) is 21.2. The first-order valence-corrected chi connectivity index (χ1v) is 14.1. The highest BCUT2D eigenvalue weighted by Crippen LogP contribution is 2.33. The Morgan fingerprint density at radius 3 is 2.48 bits per heavy atom. The fourth-order valence-electron chi connectivity index (χ4n) is 4.40. The number of benzene rings is 2. The number of rotatable bonds is 7. The summed E-state index contributed by atoms with van der Waals surface area (Å²) in [6.45, 7) is 3.40. The zero-order chi connectivity index (χ0) is 31.0. The minimum Gasteiger partial charge on any atom is -0.452 e. The Labute approximate surface area is 251 Å². The lowest BCUT2D eigenvalue weighted by Crippen LogP contribution is -2.40. The van der Waals surface area contributed by atoms with Gasteiger partial charge in [0.15, 0.2) is 17.3 Å². The van der Waals surface area contributed by atoms with Crippen LogP contribution in [-0.2, 0) is 0 Å². The molecule has 6 aromatic rings. The Morgan fingerprint density at radius 2 is 1.77 bits per heavy atom. The molecule has 0 aliphatic carbocycles. The normalized spacial score (nSPS) is 11.2. The third-order valence-electron chi connectivity index (χ3n) is 6.52. The highest BCUT2D eigenvalue weighted by atomic mass is 32.1. The number of hydrogen-bond acceptors (Lipinski definition) is 8. The number of anilines is 1. The van der Waals surface area contributed by atoms with Gasteiger partial charge < -0.3 is 9.47 Å². The summed E-state index contributed by atoms with van der Waals surface area (Å²) in [6.07, 6.45) is 3.38. The van der Waals surface area contributed by atoms with Crippen molar-refractivity contribution in [2.45, 2.75) is 19.9 Å². The SMILES string of the molecule is CC(C)n1cc(OC(=O)Nc2ccc(Oc3cc(-c4cscn4)cn4nccc34)c(F)c2)c(=O)n(-c2ccc(F)cc2)c1=O. The van der Waals surface area contributed by atoms with Gasteiger partial charge in [-0.2, -0.15) is 5.10 Å². The van der Waals surface area contributed by atoms with Crippen LogP contribution < -0.4 is 26.0 Å². The summed E-state index contributed by atoms with van der Waals surface area (Å²) in [5.41, 5.74) is 2.20. The van der Waals surface area contributed by atoms with Crippen LogP contribution in [0.3, 0.4) is 0 Å². The van der Waals surface area contributed by atoms with Crippen molar-refractivity contribution >= 4 is 28.6 Å². The lowest BCUT2D eigenvalue weighted by molar-refractivity contribution is 0.213. The molecule has 0 saturated heterocycles. The maximum atomic E-state index is 15.2. The summed E-state index contributed by atoms with van der Waals surface area (Å²) in [5.74, 6) is -1.59. The number of hydrogen-bond donors (Lipinski definition) is 1. The quantitative estimate of drug-likeness (QED) is 0.232. The Hall–Kier alpha value is -5.63. The molecule has 0 bridgehead atoms. The molecule has 2 aromatic carbocycles. The van der Waals surface area contributed by atoms with Crippen LogP contribution in [0.25, 0.3) is 22.5 Å². The van der Waals surface area contributed by atoms with E-state index in [2.05, 4.69) is 15.4 Å². The van der Waals surface area contributed by atoms with E-state index in [-0.39, 0.29) is 17.1 Å². The molecule has 0 atom stereocenters. The molecule has 4 aromatic heterocycles. The van der Waals surface area contributed by atoms with Crippen LogP contribution in [0.4, 0.5) is 19.3 Å². The molecule has 0 spiro atoms. The molecule has 222 valence electrons. The zero-order valence-electron chi connectivity index (χ0n) is 23.1. The first-order valence-electron chi connectivity index (χ1n) is 13.1. The molecule has 44 heavy (non-hydrogen) atoms. The van der Waals surface area contributed by atoms with Gasteiger partial charge in [0.1, 0.15) is 11.3 Å². The molecule has 11 nitrogen and oxygen atoms in total. The van der Waals surface area contributed by atoms with Gasteiger partial charge in [-0.05, 0) is 62.4 Å². The highest BCUT2D eigenvalue weighted by Gasteiger charge is 2.19. The number of aromatic nitrogens is 5. The van der Waals surface area contributed by atoms with Crippen molar-refractivity contribution in [3.05, 3.63) is 117 Å². The van der Waals surface area contributed by atoms with Crippen LogP contribution in [0.1, 0.15) is 19.9 Å². The van der Waals surface area contributed by atoms with Gasteiger partial charge in [0.2, 0.25) is 5.75 Å². The Bertz CT molecular complexity index is 2120. The summed E-state index contributed by atoms with van der Waals surface area (Å²) in [7, 11) is 0. The van der Waals surface area contributed by atoms with Crippen molar-refractivity contribution in [3.8, 4) is 34.2 Å². The third kappa shape index (κ3) is 5.57. The molecular formula is C30H22F2N6O5S. The van der Waals surface area contributed by atoms with E-state index in [1.807, 2.05) is 5.38 Å². The van der Waals surface area contributed by atoms with Gasteiger partial charge in [-0.25, -0.2) is 32.4 Å². The predicted molar refractivity (Wildman–Crippen MR) is 159 cm³/mol. The summed E-state index contributed by atoms with van der Waals surface area (Å²) in [5, 5.41) is 8.48. The minimum atomic E-state index is -1.10. The summed E-state index contributed by atoms with van der Waals surface area (Å²) in [6, 6.07) is 11.5. The lowest BCUT2D eigenvalue weighted by atomic mass is 10.2. The number of ether oxygens (including phenoxy) is 2. The molecular weight excluding hydrogens is 594 g/mol. The van der Waals surface area contributed by atoms with Crippen molar-refractivity contribution < 1.29 is 23.0 Å². The highest BCUT2D eigenvalue weighted by molar-refractivity contribution is 7.07. The summed E-state index contributed by atoms with van der Waals surface area (Å²) < 4.78 is 43.3. The van der Waals surface area contributed by atoms with Crippen LogP contribution >= 0.6 is 11.3 Å². The zero-order valence-corrected chi connectivity index (χ0v) is 23.9. The number of thiazole rings is 1. The van der Waals surface area contributed by atoms with Crippen molar-refractivity contribution in [2.75, 3.05) is 5.32 Å². The van der Waals surface area contributed by atoms with Crippen LogP contribution in [0, 0.1) is 11.6 Å². The molecule has 0 radical (unpaired) electrons. The average molecular weight is 617 g/mol. The monoisotopic (exact) mass is 616 g/mol. The standard InChI is InChI=1S/C30H22F2N6O5S/c1-17(2)36-14-27(28(39)38(30(36)41)21-6-3-19(31)4-7-21)43-29(40)35-20-5-8-25(22(32)12-20)42-26-11-18(23-15-44-16-33-23)13-37-24(26)9-10-34-37/h3-17H,1-2H3,(H,35,40). The third-order valence-corrected chi connectivity index (χ3v) is 7.11. The molecule has 0 fully saturated rings. The fraction of sp³-hybridized carbons (Fsp3) is 0.100. The molecule has 0 unspecified atom stereocenters. The molecule has 0 saturated carbocycles. The number of halogens is 2. The molecule has 14 heteroatoms. The van der Waals surface area contributed by atoms with E-state index in [1.165, 1.54) is 40.2 Å². The molecule has 6 rings (SSSR count).